The number of hydrogen-bond acceptors (Lipinski definition) is 5. The second-order valence-electron chi connectivity index (χ2n) is 4.96. The number of hydrogen-bond donors (Lipinski definition) is 0. The van der Waals surface area contributed by atoms with Gasteiger partial charge < -0.3 is 14.4 Å². The molecule has 7 nitrogen and oxygen atoms in total. The highest BCUT2D eigenvalue weighted by Gasteiger charge is 2.51. The number of rotatable bonds is 6. The molecule has 0 fully saturated rings. The van der Waals surface area contributed by atoms with E-state index < -0.39 is 10.3 Å². The molecule has 0 saturated carbocycles. The van der Waals surface area contributed by atoms with Crippen molar-refractivity contribution in [3.63, 3.8) is 0 Å². The first-order valence-corrected chi connectivity index (χ1v) is 6.60. The third-order valence-corrected chi connectivity index (χ3v) is 3.75. The third kappa shape index (κ3) is 2.28. The molecule has 0 bridgehead atoms. The first-order chi connectivity index (χ1) is 10.0. The molecule has 0 radical (unpaired) electrons. The Hall–Kier alpha value is -1.99. The average molecular weight is 294 g/mol. The van der Waals surface area contributed by atoms with Crippen molar-refractivity contribution in [2.45, 2.75) is 12.3 Å². The quantitative estimate of drug-likeness (QED) is 0.586. The molecule has 1 aromatic rings. The minimum atomic E-state index is -1.03. The first-order valence-electron chi connectivity index (χ1n) is 6.60. The van der Waals surface area contributed by atoms with E-state index >= 15 is 0 Å². The highest BCUT2D eigenvalue weighted by molar-refractivity contribution is 6.08. The van der Waals surface area contributed by atoms with Crippen LogP contribution >= 0.6 is 0 Å². The summed E-state index contributed by atoms with van der Waals surface area (Å²) in [6.45, 7) is 2.58. The van der Waals surface area contributed by atoms with Crippen LogP contribution in [0.2, 0.25) is 0 Å². The van der Waals surface area contributed by atoms with E-state index in [4.69, 9.17) is 9.47 Å². The number of carbonyl (C=O) groups excluding carboxylic acids is 1. The Balaban J connectivity index is 2.65. The van der Waals surface area contributed by atoms with Gasteiger partial charge in [0, 0.05) is 44.1 Å². The van der Waals surface area contributed by atoms with Gasteiger partial charge in [0.2, 0.25) is 5.91 Å². The predicted molar refractivity (Wildman–Crippen MR) is 76.6 cm³/mol. The molecule has 2 rings (SSSR count). The molecule has 0 aliphatic carbocycles. The zero-order chi connectivity index (χ0) is 15.6. The Morgan fingerprint density at radius 1 is 1.29 bits per heavy atom. The smallest absolute Gasteiger partial charge is 0.269 e. The molecule has 0 spiro atoms. The van der Waals surface area contributed by atoms with Gasteiger partial charge in [-0.1, -0.05) is 0 Å². The predicted octanol–water partition coefficient (Wildman–Crippen LogP) is 1.49. The second kappa shape index (κ2) is 5.79. The van der Waals surface area contributed by atoms with Crippen molar-refractivity contribution in [1.82, 2.24) is 0 Å². The lowest BCUT2D eigenvalue weighted by atomic mass is 9.83. The topological polar surface area (TPSA) is 81.9 Å². The van der Waals surface area contributed by atoms with Crippen molar-refractivity contribution >= 4 is 17.3 Å². The van der Waals surface area contributed by atoms with Gasteiger partial charge in [0.25, 0.3) is 5.69 Å². The molecule has 7 heteroatoms. The molecule has 1 aromatic carbocycles. The van der Waals surface area contributed by atoms with Crippen molar-refractivity contribution in [2.75, 3.05) is 38.9 Å². The van der Waals surface area contributed by atoms with Crippen LogP contribution in [0.4, 0.5) is 11.4 Å². The number of nitrogens with zero attached hydrogens (tertiary/aromatic N) is 2. The molecular formula is C14H18N2O5. The first kappa shape index (κ1) is 15.4. The summed E-state index contributed by atoms with van der Waals surface area (Å²) in [4.78, 5) is 24.9. The molecule has 0 saturated heterocycles. The Bertz CT molecular complexity index is 566. The van der Waals surface area contributed by atoms with Gasteiger partial charge in [-0.2, -0.15) is 0 Å². The summed E-state index contributed by atoms with van der Waals surface area (Å²) in [6.07, 6.45) is 0. The van der Waals surface area contributed by atoms with Gasteiger partial charge in [-0.05, 0) is 13.0 Å². The van der Waals surface area contributed by atoms with Crippen LogP contribution in [0.3, 0.4) is 0 Å². The van der Waals surface area contributed by atoms with Gasteiger partial charge in [0.05, 0.1) is 18.1 Å². The molecule has 0 N–H and O–H groups in total. The lowest BCUT2D eigenvalue weighted by Crippen LogP contribution is -2.46. The van der Waals surface area contributed by atoms with Crippen LogP contribution in [0, 0.1) is 10.1 Å². The maximum Gasteiger partial charge on any atom is 0.269 e. The zero-order valence-corrected chi connectivity index (χ0v) is 12.3. The summed E-state index contributed by atoms with van der Waals surface area (Å²) in [5.41, 5.74) is 0.200. The third-order valence-electron chi connectivity index (χ3n) is 3.75. The van der Waals surface area contributed by atoms with Crippen LogP contribution in [0.15, 0.2) is 18.2 Å². The minimum Gasteiger partial charge on any atom is -0.383 e. The Kier molecular flexibility index (Phi) is 4.24. The summed E-state index contributed by atoms with van der Waals surface area (Å²) >= 11 is 0. The number of anilines is 1. The summed E-state index contributed by atoms with van der Waals surface area (Å²) in [5, 5.41) is 11.0. The number of methoxy groups -OCH3 is 2. The monoisotopic (exact) mass is 294 g/mol. The van der Waals surface area contributed by atoms with Crippen LogP contribution in [-0.4, -0.2) is 44.8 Å². The standard InChI is InChI=1S/C14H18N2O5/c1-4-15-12-6-5-10(16(18)19)7-11(12)14(8-20-2,9-21-3)13(15)17/h5-7H,4,8-9H2,1-3H3. The van der Waals surface area contributed by atoms with Crippen molar-refractivity contribution in [2.24, 2.45) is 0 Å². The van der Waals surface area contributed by atoms with Gasteiger partial charge in [0.1, 0.15) is 5.41 Å². The number of amides is 1. The van der Waals surface area contributed by atoms with Gasteiger partial charge in [0.15, 0.2) is 0 Å². The summed E-state index contributed by atoms with van der Waals surface area (Å²) < 4.78 is 10.4. The number of benzene rings is 1. The molecule has 0 aromatic heterocycles. The number of ether oxygens (including phenoxy) is 2. The molecule has 1 heterocycles. The average Bonchev–Trinajstić information content (AvgIpc) is 2.68. The fourth-order valence-electron chi connectivity index (χ4n) is 2.87. The van der Waals surface area contributed by atoms with Crippen LogP contribution in [-0.2, 0) is 19.7 Å². The van der Waals surface area contributed by atoms with Crippen molar-refractivity contribution in [3.8, 4) is 0 Å². The lowest BCUT2D eigenvalue weighted by Gasteiger charge is -2.26. The summed E-state index contributed by atoms with van der Waals surface area (Å²) in [6, 6.07) is 4.47. The second-order valence-corrected chi connectivity index (χ2v) is 4.96. The van der Waals surface area contributed by atoms with Crippen LogP contribution in [0.1, 0.15) is 12.5 Å². The Labute approximate surface area is 122 Å². The van der Waals surface area contributed by atoms with E-state index in [1.54, 1.807) is 11.0 Å². The Morgan fingerprint density at radius 2 is 1.90 bits per heavy atom. The van der Waals surface area contributed by atoms with Gasteiger partial charge in [-0.3, -0.25) is 14.9 Å². The van der Waals surface area contributed by atoms with Crippen molar-refractivity contribution in [1.29, 1.82) is 0 Å². The lowest BCUT2D eigenvalue weighted by molar-refractivity contribution is -0.384. The normalized spacial score (nSPS) is 16.1. The highest BCUT2D eigenvalue weighted by Crippen LogP contribution is 2.43. The van der Waals surface area contributed by atoms with E-state index in [-0.39, 0.29) is 24.8 Å². The molecule has 114 valence electrons. The van der Waals surface area contributed by atoms with Crippen molar-refractivity contribution < 1.29 is 19.2 Å². The fourth-order valence-corrected chi connectivity index (χ4v) is 2.87. The van der Waals surface area contributed by atoms with Gasteiger partial charge in [-0.25, -0.2) is 0 Å². The maximum atomic E-state index is 12.8. The van der Waals surface area contributed by atoms with Crippen molar-refractivity contribution in [3.05, 3.63) is 33.9 Å². The molecule has 0 unspecified atom stereocenters. The van der Waals surface area contributed by atoms with Crippen LogP contribution in [0.5, 0.6) is 0 Å². The minimum absolute atomic E-state index is 0.0453. The maximum absolute atomic E-state index is 12.8. The van der Waals surface area contributed by atoms with Crippen LogP contribution in [0.25, 0.3) is 0 Å². The van der Waals surface area contributed by atoms with E-state index in [1.165, 1.54) is 26.4 Å². The summed E-state index contributed by atoms with van der Waals surface area (Å²) in [7, 11) is 2.99. The number of likely N-dealkylation sites (N-methyl/N-ethyl adjacent to an activating group) is 1. The highest BCUT2D eigenvalue weighted by atomic mass is 16.6. The van der Waals surface area contributed by atoms with E-state index in [0.717, 1.165) is 0 Å². The summed E-state index contributed by atoms with van der Waals surface area (Å²) in [5.74, 6) is -0.149. The number of carbonyl (C=O) groups is 1. The molecule has 1 aliphatic rings. The molecular weight excluding hydrogens is 276 g/mol. The van der Waals surface area contributed by atoms with E-state index in [1.807, 2.05) is 6.92 Å². The molecule has 0 atom stereocenters. The fraction of sp³-hybridized carbons (Fsp3) is 0.500. The number of nitro groups is 1. The van der Waals surface area contributed by atoms with Gasteiger partial charge in [-0.15, -0.1) is 0 Å². The van der Waals surface area contributed by atoms with Gasteiger partial charge >= 0.3 is 0 Å². The Morgan fingerprint density at radius 3 is 2.38 bits per heavy atom. The van der Waals surface area contributed by atoms with Crippen LogP contribution < -0.4 is 4.90 Å². The molecule has 1 aliphatic heterocycles. The number of nitro benzene ring substituents is 1. The molecule has 1 amide bonds. The largest absolute Gasteiger partial charge is 0.383 e. The SMILES string of the molecule is CCN1C(=O)C(COC)(COC)c2cc([N+](=O)[O-])ccc21. The zero-order valence-electron chi connectivity index (χ0n) is 12.3. The number of non-ortho nitro benzene ring substituents is 1. The van der Waals surface area contributed by atoms with E-state index in [2.05, 4.69) is 0 Å². The number of fused-ring (bicyclic) bond motifs is 1. The van der Waals surface area contributed by atoms with E-state index in [9.17, 15) is 14.9 Å². The molecule has 21 heavy (non-hydrogen) atoms. The van der Waals surface area contributed by atoms with E-state index in [0.29, 0.717) is 17.8 Å².